The Bertz CT molecular complexity index is 707. The van der Waals surface area contributed by atoms with Gasteiger partial charge in [0.05, 0.1) is 5.56 Å². The number of rotatable bonds is 1. The number of hydrogen-bond donors (Lipinski definition) is 1. The maximum Gasteiger partial charge on any atom is 0.195 e. The van der Waals surface area contributed by atoms with Gasteiger partial charge in [0.1, 0.15) is 11.8 Å². The first-order chi connectivity index (χ1) is 7.77. The van der Waals surface area contributed by atoms with Gasteiger partial charge in [-0.3, -0.25) is 5.10 Å². The van der Waals surface area contributed by atoms with Crippen molar-refractivity contribution < 1.29 is 4.42 Å². The highest BCUT2D eigenvalue weighted by Gasteiger charge is 2.12. The lowest BCUT2D eigenvalue weighted by Gasteiger charge is -1.96. The number of furan rings is 1. The van der Waals surface area contributed by atoms with Gasteiger partial charge in [0.25, 0.3) is 0 Å². The van der Waals surface area contributed by atoms with Crippen LogP contribution in [0.4, 0.5) is 0 Å². The van der Waals surface area contributed by atoms with Gasteiger partial charge in [-0.05, 0) is 18.3 Å². The third kappa shape index (κ3) is 1.22. The van der Waals surface area contributed by atoms with Gasteiger partial charge in [0.2, 0.25) is 0 Å². The number of H-pyrrole nitrogens is 1. The van der Waals surface area contributed by atoms with Crippen LogP contribution in [-0.4, -0.2) is 14.8 Å². The molecule has 4 nitrogen and oxygen atoms in total. The second-order valence-electron chi connectivity index (χ2n) is 3.56. The van der Waals surface area contributed by atoms with Crippen molar-refractivity contribution >= 4 is 23.2 Å². The van der Waals surface area contributed by atoms with Gasteiger partial charge in [-0.25, -0.2) is 0 Å². The Morgan fingerprint density at radius 3 is 2.94 bits per heavy atom. The standard InChI is InChI=1S/C11H9N3OS/c1-14-10(12-13-11(14)16)8-6-15-9-5-3-2-4-7(8)9/h2-6H,1H3,(H,13,16). The monoisotopic (exact) mass is 231 g/mol. The van der Waals surface area contributed by atoms with Crippen LogP contribution in [0.1, 0.15) is 0 Å². The zero-order chi connectivity index (χ0) is 11.1. The lowest BCUT2D eigenvalue weighted by atomic mass is 10.2. The number of hydrogen-bond acceptors (Lipinski definition) is 3. The fraction of sp³-hybridized carbons (Fsp3) is 0.0909. The summed E-state index contributed by atoms with van der Waals surface area (Å²) in [6, 6.07) is 7.85. The Balaban J connectivity index is 2.34. The molecular weight excluding hydrogens is 222 g/mol. The molecule has 0 fully saturated rings. The van der Waals surface area contributed by atoms with E-state index in [1.807, 2.05) is 35.9 Å². The fourth-order valence-corrected chi connectivity index (χ4v) is 1.87. The van der Waals surface area contributed by atoms with Crippen LogP contribution in [0.3, 0.4) is 0 Å². The highest BCUT2D eigenvalue weighted by atomic mass is 32.1. The summed E-state index contributed by atoms with van der Waals surface area (Å²) in [5, 5.41) is 8.00. The van der Waals surface area contributed by atoms with Crippen molar-refractivity contribution in [3.8, 4) is 11.4 Å². The molecule has 0 radical (unpaired) electrons. The molecule has 0 amide bonds. The number of para-hydroxylation sites is 1. The average molecular weight is 231 g/mol. The van der Waals surface area contributed by atoms with Crippen LogP contribution in [0.5, 0.6) is 0 Å². The molecule has 3 rings (SSSR count). The number of fused-ring (bicyclic) bond motifs is 1. The summed E-state index contributed by atoms with van der Waals surface area (Å²) in [6.45, 7) is 0. The predicted molar refractivity (Wildman–Crippen MR) is 63.6 cm³/mol. The van der Waals surface area contributed by atoms with Crippen LogP contribution in [0.15, 0.2) is 34.9 Å². The minimum Gasteiger partial charge on any atom is -0.464 e. The van der Waals surface area contributed by atoms with Crippen molar-refractivity contribution in [2.45, 2.75) is 0 Å². The molecule has 2 aromatic heterocycles. The van der Waals surface area contributed by atoms with Crippen LogP contribution >= 0.6 is 12.2 Å². The SMILES string of the molecule is Cn1c(-c2coc3ccccc23)n[nH]c1=S. The maximum atomic E-state index is 5.47. The van der Waals surface area contributed by atoms with E-state index in [0.29, 0.717) is 4.77 Å². The number of nitrogens with zero attached hydrogens (tertiary/aromatic N) is 2. The van der Waals surface area contributed by atoms with Gasteiger partial charge in [0, 0.05) is 12.4 Å². The molecule has 0 spiro atoms. The summed E-state index contributed by atoms with van der Waals surface area (Å²) in [6.07, 6.45) is 1.70. The van der Waals surface area contributed by atoms with Crippen LogP contribution in [0, 0.1) is 4.77 Å². The molecule has 0 saturated carbocycles. The summed E-state index contributed by atoms with van der Waals surface area (Å²) in [4.78, 5) is 0. The molecule has 1 N–H and O–H groups in total. The Morgan fingerprint density at radius 2 is 2.19 bits per heavy atom. The fourth-order valence-electron chi connectivity index (χ4n) is 1.74. The molecule has 0 aliphatic rings. The van der Waals surface area contributed by atoms with E-state index in [0.717, 1.165) is 22.4 Å². The smallest absolute Gasteiger partial charge is 0.195 e. The zero-order valence-electron chi connectivity index (χ0n) is 8.60. The minimum atomic E-state index is 0.597. The number of aromatic amines is 1. The van der Waals surface area contributed by atoms with E-state index in [1.165, 1.54) is 0 Å². The third-order valence-corrected chi connectivity index (χ3v) is 2.97. The molecule has 16 heavy (non-hydrogen) atoms. The number of benzene rings is 1. The maximum absolute atomic E-state index is 5.47. The molecule has 0 saturated heterocycles. The molecule has 0 bridgehead atoms. The van der Waals surface area contributed by atoms with E-state index >= 15 is 0 Å². The average Bonchev–Trinajstić information content (AvgIpc) is 2.85. The number of nitrogens with one attached hydrogen (secondary N) is 1. The minimum absolute atomic E-state index is 0.597. The van der Waals surface area contributed by atoms with E-state index in [4.69, 9.17) is 16.6 Å². The topological polar surface area (TPSA) is 46.8 Å². The van der Waals surface area contributed by atoms with E-state index in [9.17, 15) is 0 Å². The summed E-state index contributed by atoms with van der Waals surface area (Å²) in [5.74, 6) is 0.787. The normalized spacial score (nSPS) is 11.1. The molecular formula is C11H9N3OS. The first-order valence-electron chi connectivity index (χ1n) is 4.85. The first-order valence-corrected chi connectivity index (χ1v) is 5.26. The third-order valence-electron chi connectivity index (χ3n) is 2.60. The van der Waals surface area contributed by atoms with E-state index < -0.39 is 0 Å². The Morgan fingerprint density at radius 1 is 1.38 bits per heavy atom. The van der Waals surface area contributed by atoms with Crippen molar-refractivity contribution in [3.63, 3.8) is 0 Å². The van der Waals surface area contributed by atoms with Gasteiger partial charge in [-0.15, -0.1) is 0 Å². The van der Waals surface area contributed by atoms with Gasteiger partial charge < -0.3 is 8.98 Å². The molecule has 0 aliphatic heterocycles. The van der Waals surface area contributed by atoms with E-state index in [-0.39, 0.29) is 0 Å². The summed E-state index contributed by atoms with van der Waals surface area (Å²) >= 11 is 5.09. The van der Waals surface area contributed by atoms with Crippen molar-refractivity contribution in [1.82, 2.24) is 14.8 Å². The van der Waals surface area contributed by atoms with Crippen molar-refractivity contribution in [1.29, 1.82) is 0 Å². The molecule has 5 heteroatoms. The van der Waals surface area contributed by atoms with Crippen molar-refractivity contribution in [3.05, 3.63) is 35.3 Å². The quantitative estimate of drug-likeness (QED) is 0.655. The van der Waals surface area contributed by atoms with E-state index in [2.05, 4.69) is 10.2 Å². The molecule has 1 aromatic carbocycles. The summed E-state index contributed by atoms with van der Waals surface area (Å²) in [5.41, 5.74) is 1.80. The molecule has 3 aromatic rings. The Hall–Kier alpha value is -1.88. The van der Waals surface area contributed by atoms with Crippen molar-refractivity contribution in [2.75, 3.05) is 0 Å². The summed E-state index contributed by atoms with van der Waals surface area (Å²) < 4.78 is 7.89. The lowest BCUT2D eigenvalue weighted by Crippen LogP contribution is -1.91. The van der Waals surface area contributed by atoms with Crippen LogP contribution in [0.2, 0.25) is 0 Å². The largest absolute Gasteiger partial charge is 0.464 e. The number of aromatic nitrogens is 3. The summed E-state index contributed by atoms with van der Waals surface area (Å²) in [7, 11) is 1.88. The first kappa shape index (κ1) is 9.35. The lowest BCUT2D eigenvalue weighted by molar-refractivity contribution is 0.616. The Kier molecular flexibility index (Phi) is 1.94. The molecule has 80 valence electrons. The van der Waals surface area contributed by atoms with Gasteiger partial charge in [-0.1, -0.05) is 18.2 Å². The molecule has 0 atom stereocenters. The second kappa shape index (κ2) is 3.31. The molecule has 2 heterocycles. The van der Waals surface area contributed by atoms with Crippen molar-refractivity contribution in [2.24, 2.45) is 7.05 Å². The highest BCUT2D eigenvalue weighted by Crippen LogP contribution is 2.28. The van der Waals surface area contributed by atoms with E-state index in [1.54, 1.807) is 6.26 Å². The highest BCUT2D eigenvalue weighted by molar-refractivity contribution is 7.71. The van der Waals surface area contributed by atoms with Gasteiger partial charge in [-0.2, -0.15) is 5.10 Å². The van der Waals surface area contributed by atoms with Gasteiger partial charge >= 0.3 is 0 Å². The van der Waals surface area contributed by atoms with Crippen LogP contribution < -0.4 is 0 Å². The zero-order valence-corrected chi connectivity index (χ0v) is 9.41. The molecule has 0 unspecified atom stereocenters. The predicted octanol–water partition coefficient (Wildman–Crippen LogP) is 2.89. The van der Waals surface area contributed by atoms with Crippen LogP contribution in [-0.2, 0) is 7.05 Å². The van der Waals surface area contributed by atoms with Crippen LogP contribution in [0.25, 0.3) is 22.4 Å². The second-order valence-corrected chi connectivity index (χ2v) is 3.94. The van der Waals surface area contributed by atoms with Gasteiger partial charge in [0.15, 0.2) is 10.6 Å². The Labute approximate surface area is 96.5 Å². The molecule has 0 aliphatic carbocycles.